The molecule has 2 heterocycles. The minimum absolute atomic E-state index is 0.128. The smallest absolute Gasteiger partial charge is 0.142 e. The van der Waals surface area contributed by atoms with Crippen LogP contribution in [0.4, 0.5) is 0 Å². The summed E-state index contributed by atoms with van der Waals surface area (Å²) in [5.41, 5.74) is 9.27. The van der Waals surface area contributed by atoms with E-state index in [1.54, 1.807) is 6.20 Å². The Morgan fingerprint density at radius 2 is 2.05 bits per heavy atom. The fourth-order valence-corrected chi connectivity index (χ4v) is 2.34. The van der Waals surface area contributed by atoms with E-state index in [-0.39, 0.29) is 6.04 Å². The molecule has 0 bridgehead atoms. The molecule has 2 N–H and O–H groups in total. The van der Waals surface area contributed by atoms with Crippen molar-refractivity contribution in [3.63, 3.8) is 0 Å². The van der Waals surface area contributed by atoms with Gasteiger partial charge in [0.15, 0.2) is 0 Å². The molecule has 0 spiro atoms. The Hall–Kier alpha value is -2.20. The van der Waals surface area contributed by atoms with Crippen LogP contribution in [0.2, 0.25) is 0 Å². The highest BCUT2D eigenvalue weighted by Crippen LogP contribution is 2.24. The van der Waals surface area contributed by atoms with Gasteiger partial charge in [-0.25, -0.2) is 4.98 Å². The molecule has 1 aromatic carbocycles. The zero-order valence-corrected chi connectivity index (χ0v) is 11.5. The number of fused-ring (bicyclic) bond motifs is 1. The van der Waals surface area contributed by atoms with E-state index < -0.39 is 0 Å². The van der Waals surface area contributed by atoms with E-state index in [1.165, 1.54) is 0 Å². The largest absolute Gasteiger partial charge is 0.326 e. The molecule has 2 aromatic heterocycles. The Balaban J connectivity index is 2.17. The highest BCUT2D eigenvalue weighted by atomic mass is 15.1. The molecule has 0 aliphatic heterocycles. The number of hydrogen-bond acceptors (Lipinski definition) is 3. The Morgan fingerprint density at radius 3 is 2.80 bits per heavy atom. The summed E-state index contributed by atoms with van der Waals surface area (Å²) in [7, 11) is 0. The Labute approximate surface area is 118 Å². The van der Waals surface area contributed by atoms with Gasteiger partial charge >= 0.3 is 0 Å². The number of aromatic nitrogens is 3. The molecule has 0 amide bonds. The van der Waals surface area contributed by atoms with Crippen LogP contribution in [0.25, 0.3) is 22.4 Å². The monoisotopic (exact) mass is 266 g/mol. The Bertz CT molecular complexity index is 703. The first-order valence-electron chi connectivity index (χ1n) is 6.91. The lowest BCUT2D eigenvalue weighted by molar-refractivity contribution is 0.551. The number of imidazole rings is 1. The molecule has 20 heavy (non-hydrogen) atoms. The zero-order valence-electron chi connectivity index (χ0n) is 11.5. The van der Waals surface area contributed by atoms with E-state index in [2.05, 4.69) is 22.5 Å². The third-order valence-corrected chi connectivity index (χ3v) is 3.52. The van der Waals surface area contributed by atoms with Gasteiger partial charge in [0, 0.05) is 30.5 Å². The highest BCUT2D eigenvalue weighted by Gasteiger charge is 2.14. The first-order valence-corrected chi connectivity index (χ1v) is 6.91. The van der Waals surface area contributed by atoms with Crippen molar-refractivity contribution in [3.05, 3.63) is 48.8 Å². The number of para-hydroxylation sites is 2. The van der Waals surface area contributed by atoms with Crippen LogP contribution >= 0.6 is 0 Å². The molecule has 0 aliphatic rings. The zero-order chi connectivity index (χ0) is 13.9. The third kappa shape index (κ3) is 2.30. The van der Waals surface area contributed by atoms with E-state index >= 15 is 0 Å². The van der Waals surface area contributed by atoms with Crippen LogP contribution in [0, 0.1) is 0 Å². The third-order valence-electron chi connectivity index (χ3n) is 3.52. The maximum absolute atomic E-state index is 6.14. The van der Waals surface area contributed by atoms with Crippen molar-refractivity contribution in [1.82, 2.24) is 14.5 Å². The van der Waals surface area contributed by atoms with Gasteiger partial charge in [0.2, 0.25) is 0 Å². The van der Waals surface area contributed by atoms with E-state index in [0.29, 0.717) is 0 Å². The number of nitrogens with zero attached hydrogens (tertiary/aromatic N) is 3. The minimum atomic E-state index is 0.128. The Morgan fingerprint density at radius 1 is 1.20 bits per heavy atom. The average molecular weight is 266 g/mol. The molecular weight excluding hydrogens is 248 g/mol. The van der Waals surface area contributed by atoms with E-state index in [9.17, 15) is 0 Å². The van der Waals surface area contributed by atoms with Gasteiger partial charge in [-0.3, -0.25) is 4.98 Å². The molecule has 0 saturated carbocycles. The summed E-state index contributed by atoms with van der Waals surface area (Å²) in [5, 5.41) is 0. The quantitative estimate of drug-likeness (QED) is 0.790. The summed E-state index contributed by atoms with van der Waals surface area (Å²) < 4.78 is 2.19. The van der Waals surface area contributed by atoms with Crippen molar-refractivity contribution in [3.8, 4) is 11.4 Å². The summed E-state index contributed by atoms with van der Waals surface area (Å²) in [6, 6.07) is 12.2. The normalized spacial score (nSPS) is 12.7. The van der Waals surface area contributed by atoms with E-state index in [1.807, 2.05) is 36.5 Å². The van der Waals surface area contributed by atoms with Gasteiger partial charge in [-0.1, -0.05) is 19.1 Å². The molecule has 4 heteroatoms. The maximum Gasteiger partial charge on any atom is 0.142 e. The molecule has 4 nitrogen and oxygen atoms in total. The second-order valence-electron chi connectivity index (χ2n) is 4.94. The number of nitrogens with two attached hydrogens (primary N) is 1. The number of rotatable bonds is 4. The highest BCUT2D eigenvalue weighted by molar-refractivity contribution is 5.80. The van der Waals surface area contributed by atoms with Crippen molar-refractivity contribution in [2.45, 2.75) is 25.9 Å². The van der Waals surface area contributed by atoms with Crippen LogP contribution in [0.15, 0.2) is 48.8 Å². The number of pyridine rings is 1. The van der Waals surface area contributed by atoms with Gasteiger partial charge in [0.25, 0.3) is 0 Å². The van der Waals surface area contributed by atoms with Crippen molar-refractivity contribution < 1.29 is 0 Å². The average Bonchev–Trinajstić information content (AvgIpc) is 2.87. The van der Waals surface area contributed by atoms with Crippen LogP contribution in [0.5, 0.6) is 0 Å². The van der Waals surface area contributed by atoms with E-state index in [0.717, 1.165) is 35.4 Å². The molecule has 3 rings (SSSR count). The van der Waals surface area contributed by atoms with Gasteiger partial charge in [-0.15, -0.1) is 0 Å². The van der Waals surface area contributed by atoms with Gasteiger partial charge in [-0.2, -0.15) is 0 Å². The molecule has 0 saturated heterocycles. The van der Waals surface area contributed by atoms with Gasteiger partial charge in [0.1, 0.15) is 5.82 Å². The van der Waals surface area contributed by atoms with Crippen molar-refractivity contribution in [2.24, 2.45) is 5.73 Å². The predicted molar refractivity (Wildman–Crippen MR) is 81.2 cm³/mol. The lowest BCUT2D eigenvalue weighted by Gasteiger charge is -2.13. The van der Waals surface area contributed by atoms with Crippen LogP contribution in [-0.2, 0) is 6.54 Å². The first kappa shape index (κ1) is 12.8. The van der Waals surface area contributed by atoms with Crippen LogP contribution in [0.3, 0.4) is 0 Å². The summed E-state index contributed by atoms with van der Waals surface area (Å²) in [4.78, 5) is 8.92. The van der Waals surface area contributed by atoms with Crippen molar-refractivity contribution in [1.29, 1.82) is 0 Å². The number of benzene rings is 1. The van der Waals surface area contributed by atoms with Gasteiger partial charge in [-0.05, 0) is 30.7 Å². The molecule has 1 unspecified atom stereocenters. The summed E-state index contributed by atoms with van der Waals surface area (Å²) in [6.45, 7) is 2.87. The maximum atomic E-state index is 6.14. The molecule has 3 aromatic rings. The molecular formula is C16H18N4. The molecule has 102 valence electrons. The SMILES string of the molecule is CCC(N)Cn1c(-c2cccnc2)nc2ccccc21. The standard InChI is InChI=1S/C16H18N4/c1-2-13(17)11-20-15-8-4-3-7-14(15)19-16(20)12-6-5-9-18-10-12/h3-10,13H,2,11,17H2,1H3. The fraction of sp³-hybridized carbons (Fsp3) is 0.250. The lowest BCUT2D eigenvalue weighted by atomic mass is 10.2. The molecule has 0 fully saturated rings. The lowest BCUT2D eigenvalue weighted by Crippen LogP contribution is -2.25. The van der Waals surface area contributed by atoms with Crippen LogP contribution in [0.1, 0.15) is 13.3 Å². The minimum Gasteiger partial charge on any atom is -0.326 e. The summed E-state index contributed by atoms with van der Waals surface area (Å²) >= 11 is 0. The summed E-state index contributed by atoms with van der Waals surface area (Å²) in [5.74, 6) is 0.934. The van der Waals surface area contributed by atoms with Crippen LogP contribution in [-0.4, -0.2) is 20.6 Å². The van der Waals surface area contributed by atoms with Gasteiger partial charge in [0.05, 0.1) is 11.0 Å². The molecule has 0 radical (unpaired) electrons. The Kier molecular flexibility index (Phi) is 3.48. The van der Waals surface area contributed by atoms with Crippen molar-refractivity contribution >= 4 is 11.0 Å². The number of hydrogen-bond donors (Lipinski definition) is 1. The van der Waals surface area contributed by atoms with E-state index in [4.69, 9.17) is 10.7 Å². The first-order chi connectivity index (χ1) is 9.79. The second kappa shape index (κ2) is 5.43. The van der Waals surface area contributed by atoms with Gasteiger partial charge < -0.3 is 10.3 Å². The molecule has 1 atom stereocenters. The van der Waals surface area contributed by atoms with Crippen molar-refractivity contribution in [2.75, 3.05) is 0 Å². The summed E-state index contributed by atoms with van der Waals surface area (Å²) in [6.07, 6.45) is 4.56. The van der Waals surface area contributed by atoms with Crippen LogP contribution < -0.4 is 5.73 Å². The fourth-order valence-electron chi connectivity index (χ4n) is 2.34. The topological polar surface area (TPSA) is 56.7 Å². The second-order valence-corrected chi connectivity index (χ2v) is 4.94. The predicted octanol–water partition coefficient (Wildman–Crippen LogP) is 2.84. The molecule has 0 aliphatic carbocycles.